The molecule has 0 unspecified atom stereocenters. The average molecular weight is 273 g/mol. The molecule has 1 saturated heterocycles. The number of rotatable bonds is 3. The second-order valence-electron chi connectivity index (χ2n) is 3.97. The number of aryl methyl sites for hydroxylation is 1. The molecule has 0 radical (unpaired) electrons. The van der Waals surface area contributed by atoms with E-state index in [1.54, 1.807) is 0 Å². The lowest BCUT2D eigenvalue weighted by Gasteiger charge is -2.26. The van der Waals surface area contributed by atoms with Crippen molar-refractivity contribution < 1.29 is 4.42 Å². The van der Waals surface area contributed by atoms with Gasteiger partial charge in [-0.1, -0.05) is 0 Å². The molecule has 3 nitrogen and oxygen atoms in total. The van der Waals surface area contributed by atoms with Crippen LogP contribution < -0.4 is 5.32 Å². The number of piperazine rings is 1. The van der Waals surface area contributed by atoms with E-state index in [4.69, 9.17) is 4.42 Å². The zero-order chi connectivity index (χ0) is 10.7. The van der Waals surface area contributed by atoms with E-state index in [2.05, 4.69) is 32.2 Å². The van der Waals surface area contributed by atoms with Crippen molar-refractivity contribution in [3.8, 4) is 0 Å². The summed E-state index contributed by atoms with van der Waals surface area (Å²) in [6.07, 6.45) is 1.08. The number of nitrogens with one attached hydrogen (secondary N) is 1. The van der Waals surface area contributed by atoms with Crippen molar-refractivity contribution >= 4 is 15.9 Å². The molecule has 0 bridgehead atoms. The topological polar surface area (TPSA) is 28.4 Å². The molecular weight excluding hydrogens is 256 g/mol. The van der Waals surface area contributed by atoms with Gasteiger partial charge in [-0.2, -0.15) is 0 Å². The van der Waals surface area contributed by atoms with Crippen LogP contribution in [0.2, 0.25) is 0 Å². The van der Waals surface area contributed by atoms with Gasteiger partial charge in [0.05, 0.1) is 0 Å². The summed E-state index contributed by atoms with van der Waals surface area (Å²) in [4.78, 5) is 2.50. The number of nitrogens with zero attached hydrogens (tertiary/aromatic N) is 1. The molecule has 2 heterocycles. The monoisotopic (exact) mass is 272 g/mol. The minimum absolute atomic E-state index is 0.843. The van der Waals surface area contributed by atoms with Crippen LogP contribution in [0.4, 0.5) is 0 Å². The van der Waals surface area contributed by atoms with E-state index >= 15 is 0 Å². The molecule has 1 aromatic heterocycles. The van der Waals surface area contributed by atoms with Crippen molar-refractivity contribution in [2.75, 3.05) is 32.7 Å². The second-order valence-corrected chi connectivity index (χ2v) is 4.76. The lowest BCUT2D eigenvalue weighted by Crippen LogP contribution is -2.44. The van der Waals surface area contributed by atoms with Crippen LogP contribution in [0.25, 0.3) is 0 Å². The van der Waals surface area contributed by atoms with Crippen molar-refractivity contribution in [3.63, 3.8) is 0 Å². The van der Waals surface area contributed by atoms with Crippen LogP contribution in [0.5, 0.6) is 0 Å². The Balaban J connectivity index is 1.84. The van der Waals surface area contributed by atoms with Gasteiger partial charge in [0.15, 0.2) is 4.67 Å². The molecular formula is C11H17BrN2O. The van der Waals surface area contributed by atoms with Gasteiger partial charge in [0.1, 0.15) is 5.76 Å². The number of halogens is 1. The highest BCUT2D eigenvalue weighted by molar-refractivity contribution is 9.10. The number of hydrogen-bond acceptors (Lipinski definition) is 3. The largest absolute Gasteiger partial charge is 0.454 e. The quantitative estimate of drug-likeness (QED) is 0.910. The minimum atomic E-state index is 0.843. The molecule has 0 atom stereocenters. The molecule has 84 valence electrons. The van der Waals surface area contributed by atoms with E-state index in [0.29, 0.717) is 0 Å². The summed E-state index contributed by atoms with van der Waals surface area (Å²) in [7, 11) is 0. The molecule has 4 heteroatoms. The van der Waals surface area contributed by atoms with Crippen LogP contribution in [-0.4, -0.2) is 37.6 Å². The molecule has 0 spiro atoms. The Bertz CT molecular complexity index is 318. The van der Waals surface area contributed by atoms with Crippen molar-refractivity contribution in [1.29, 1.82) is 0 Å². The SMILES string of the molecule is Cc1oc(Br)cc1CCN1CCNCC1. The summed E-state index contributed by atoms with van der Waals surface area (Å²) in [5.41, 5.74) is 1.32. The molecule has 1 aliphatic rings. The maximum Gasteiger partial charge on any atom is 0.169 e. The summed E-state index contributed by atoms with van der Waals surface area (Å²) in [6.45, 7) is 7.73. The summed E-state index contributed by atoms with van der Waals surface area (Å²) >= 11 is 3.36. The first kappa shape index (κ1) is 11.2. The third-order valence-electron chi connectivity index (χ3n) is 2.90. The van der Waals surface area contributed by atoms with E-state index in [1.165, 1.54) is 5.56 Å². The second kappa shape index (κ2) is 5.14. The first-order valence-electron chi connectivity index (χ1n) is 5.43. The fourth-order valence-electron chi connectivity index (χ4n) is 1.94. The highest BCUT2D eigenvalue weighted by Gasteiger charge is 2.11. The predicted octanol–water partition coefficient (Wildman–Crippen LogP) is 1.80. The molecule has 1 aliphatic heterocycles. The Morgan fingerprint density at radius 3 is 2.80 bits per heavy atom. The molecule has 15 heavy (non-hydrogen) atoms. The third kappa shape index (κ3) is 3.06. The van der Waals surface area contributed by atoms with E-state index in [-0.39, 0.29) is 0 Å². The Hall–Kier alpha value is -0.320. The standard InChI is InChI=1S/C11H17BrN2O/c1-9-10(8-11(12)15-9)2-5-14-6-3-13-4-7-14/h8,13H,2-7H2,1H3. The smallest absolute Gasteiger partial charge is 0.169 e. The van der Waals surface area contributed by atoms with Crippen molar-refractivity contribution in [2.45, 2.75) is 13.3 Å². The highest BCUT2D eigenvalue weighted by atomic mass is 79.9. The van der Waals surface area contributed by atoms with Gasteiger partial charge in [-0.3, -0.25) is 0 Å². The van der Waals surface area contributed by atoms with Gasteiger partial charge in [-0.25, -0.2) is 0 Å². The van der Waals surface area contributed by atoms with Crippen LogP contribution >= 0.6 is 15.9 Å². The zero-order valence-corrected chi connectivity index (χ0v) is 10.6. The van der Waals surface area contributed by atoms with Crippen molar-refractivity contribution in [2.24, 2.45) is 0 Å². The van der Waals surface area contributed by atoms with Gasteiger partial charge >= 0.3 is 0 Å². The van der Waals surface area contributed by atoms with Crippen LogP contribution in [0, 0.1) is 6.92 Å². The molecule has 0 aliphatic carbocycles. The minimum Gasteiger partial charge on any atom is -0.454 e. The molecule has 0 amide bonds. The van der Waals surface area contributed by atoms with Gasteiger partial charge in [0.2, 0.25) is 0 Å². The lowest BCUT2D eigenvalue weighted by molar-refractivity contribution is 0.243. The zero-order valence-electron chi connectivity index (χ0n) is 9.05. The molecule has 2 rings (SSSR count). The number of furan rings is 1. The predicted molar refractivity (Wildman–Crippen MR) is 64.2 cm³/mol. The van der Waals surface area contributed by atoms with Crippen LogP contribution in [0.1, 0.15) is 11.3 Å². The fourth-order valence-corrected chi connectivity index (χ4v) is 2.46. The molecule has 1 aromatic rings. The summed E-state index contributed by atoms with van der Waals surface area (Å²) in [5.74, 6) is 1.04. The number of hydrogen-bond donors (Lipinski definition) is 1. The Morgan fingerprint density at radius 2 is 2.20 bits per heavy atom. The molecule has 1 fully saturated rings. The van der Waals surface area contributed by atoms with E-state index < -0.39 is 0 Å². The Morgan fingerprint density at radius 1 is 1.47 bits per heavy atom. The van der Waals surface area contributed by atoms with Gasteiger partial charge < -0.3 is 14.6 Å². The van der Waals surface area contributed by atoms with Crippen LogP contribution in [-0.2, 0) is 6.42 Å². The summed E-state index contributed by atoms with van der Waals surface area (Å²) < 4.78 is 6.28. The Labute approximate surface area is 99.0 Å². The van der Waals surface area contributed by atoms with Crippen LogP contribution in [0.3, 0.4) is 0 Å². The molecule has 0 aromatic carbocycles. The summed E-state index contributed by atoms with van der Waals surface area (Å²) in [5, 5.41) is 3.36. The average Bonchev–Trinajstić information content (AvgIpc) is 2.56. The summed E-state index contributed by atoms with van der Waals surface area (Å²) in [6, 6.07) is 2.08. The van der Waals surface area contributed by atoms with Crippen molar-refractivity contribution in [1.82, 2.24) is 10.2 Å². The third-order valence-corrected chi connectivity index (χ3v) is 3.29. The maximum absolute atomic E-state index is 5.44. The van der Waals surface area contributed by atoms with Crippen molar-refractivity contribution in [3.05, 3.63) is 22.1 Å². The van der Waals surface area contributed by atoms with E-state index in [1.807, 2.05) is 6.92 Å². The first-order chi connectivity index (χ1) is 7.25. The maximum atomic E-state index is 5.44. The first-order valence-corrected chi connectivity index (χ1v) is 6.23. The normalized spacial score (nSPS) is 18.3. The molecule has 0 saturated carbocycles. The highest BCUT2D eigenvalue weighted by Crippen LogP contribution is 2.20. The molecule has 1 N–H and O–H groups in total. The van der Waals surface area contributed by atoms with Gasteiger partial charge in [-0.15, -0.1) is 0 Å². The van der Waals surface area contributed by atoms with Crippen LogP contribution in [0.15, 0.2) is 15.2 Å². The van der Waals surface area contributed by atoms with E-state index in [9.17, 15) is 0 Å². The van der Waals surface area contributed by atoms with E-state index in [0.717, 1.165) is 49.6 Å². The van der Waals surface area contributed by atoms with Gasteiger partial charge in [-0.05, 0) is 40.9 Å². The Kier molecular flexibility index (Phi) is 3.83. The van der Waals surface area contributed by atoms with Gasteiger partial charge in [0, 0.05) is 32.7 Å². The van der Waals surface area contributed by atoms with Gasteiger partial charge in [0.25, 0.3) is 0 Å². The fraction of sp³-hybridized carbons (Fsp3) is 0.636. The lowest BCUT2D eigenvalue weighted by atomic mass is 10.2.